The first-order chi connectivity index (χ1) is 14.8. The Morgan fingerprint density at radius 1 is 1.03 bits per heavy atom. The molecule has 1 fully saturated rings. The van der Waals surface area contributed by atoms with Crippen molar-refractivity contribution in [3.05, 3.63) is 64.0 Å². The molecule has 5 nitrogen and oxygen atoms in total. The van der Waals surface area contributed by atoms with E-state index in [2.05, 4.69) is 0 Å². The van der Waals surface area contributed by atoms with Crippen molar-refractivity contribution in [3.63, 3.8) is 0 Å². The molecule has 1 aliphatic carbocycles. The monoisotopic (exact) mass is 423 g/mol. The van der Waals surface area contributed by atoms with E-state index in [0.29, 0.717) is 23.0 Å². The lowest BCUT2D eigenvalue weighted by Crippen LogP contribution is -2.19. The van der Waals surface area contributed by atoms with Crippen molar-refractivity contribution in [1.29, 1.82) is 0 Å². The van der Waals surface area contributed by atoms with Crippen LogP contribution in [0.25, 0.3) is 11.3 Å². The van der Waals surface area contributed by atoms with Gasteiger partial charge >= 0.3 is 0 Å². The van der Waals surface area contributed by atoms with Gasteiger partial charge < -0.3 is 9.47 Å². The largest absolute Gasteiger partial charge is 0.454 e. The maximum atomic E-state index is 14.5. The lowest BCUT2D eigenvalue weighted by Gasteiger charge is -2.16. The first kappa shape index (κ1) is 19.1. The molecular formula is C23H22FN3O2S. The number of halogens is 1. The van der Waals surface area contributed by atoms with E-state index in [-0.39, 0.29) is 12.6 Å². The maximum absolute atomic E-state index is 14.5. The number of thiazole rings is 1. The lowest BCUT2D eigenvalue weighted by molar-refractivity contribution is 0.174. The molecule has 0 saturated heterocycles. The SMILES string of the molecule is Fc1ccccc1-c1csc(=NC2CCCCC2)n1N=Cc1ccc2c(c1)OCO2. The summed E-state index contributed by atoms with van der Waals surface area (Å²) >= 11 is 1.50. The molecule has 3 aromatic rings. The van der Waals surface area contributed by atoms with Crippen LogP contribution in [0, 0.1) is 5.82 Å². The molecule has 1 aliphatic heterocycles. The zero-order chi connectivity index (χ0) is 20.3. The predicted octanol–water partition coefficient (Wildman–Crippen LogP) is 5.20. The maximum Gasteiger partial charge on any atom is 0.231 e. The van der Waals surface area contributed by atoms with Crippen LogP contribution in [-0.4, -0.2) is 23.7 Å². The molecule has 0 bridgehead atoms. The van der Waals surface area contributed by atoms with Crippen molar-refractivity contribution < 1.29 is 13.9 Å². The van der Waals surface area contributed by atoms with E-state index < -0.39 is 0 Å². The van der Waals surface area contributed by atoms with Crippen molar-refractivity contribution in [2.75, 3.05) is 6.79 Å². The van der Waals surface area contributed by atoms with Crippen LogP contribution >= 0.6 is 11.3 Å². The molecule has 154 valence electrons. The van der Waals surface area contributed by atoms with Crippen LogP contribution in [-0.2, 0) is 0 Å². The Balaban J connectivity index is 1.56. The average Bonchev–Trinajstić information content (AvgIpc) is 3.40. The van der Waals surface area contributed by atoms with Gasteiger partial charge in [-0.25, -0.2) is 9.07 Å². The van der Waals surface area contributed by atoms with Gasteiger partial charge in [-0.15, -0.1) is 11.3 Å². The smallest absolute Gasteiger partial charge is 0.231 e. The molecular weight excluding hydrogens is 401 g/mol. The van der Waals surface area contributed by atoms with E-state index >= 15 is 0 Å². The molecule has 2 aromatic carbocycles. The molecule has 2 heterocycles. The van der Waals surface area contributed by atoms with Gasteiger partial charge in [0, 0.05) is 10.9 Å². The number of nitrogens with zero attached hydrogens (tertiary/aromatic N) is 3. The Hall–Kier alpha value is -2.93. The van der Waals surface area contributed by atoms with Gasteiger partial charge in [0.25, 0.3) is 0 Å². The average molecular weight is 424 g/mol. The van der Waals surface area contributed by atoms with Gasteiger partial charge in [-0.3, -0.25) is 4.99 Å². The predicted molar refractivity (Wildman–Crippen MR) is 116 cm³/mol. The summed E-state index contributed by atoms with van der Waals surface area (Å²) in [5, 5.41) is 6.62. The molecule has 0 amide bonds. The first-order valence-corrected chi connectivity index (χ1v) is 11.1. The van der Waals surface area contributed by atoms with Gasteiger partial charge in [0.2, 0.25) is 11.6 Å². The van der Waals surface area contributed by atoms with Crippen molar-refractivity contribution in [1.82, 2.24) is 4.68 Å². The van der Waals surface area contributed by atoms with Crippen LogP contribution in [0.1, 0.15) is 37.7 Å². The van der Waals surface area contributed by atoms with Crippen LogP contribution < -0.4 is 14.3 Å². The summed E-state index contributed by atoms with van der Waals surface area (Å²) in [7, 11) is 0. The number of hydrogen-bond acceptors (Lipinski definition) is 5. The first-order valence-electron chi connectivity index (χ1n) is 10.2. The second kappa shape index (κ2) is 8.44. The molecule has 0 unspecified atom stereocenters. The van der Waals surface area contributed by atoms with Gasteiger partial charge in [-0.05, 0) is 48.7 Å². The van der Waals surface area contributed by atoms with E-state index in [1.807, 2.05) is 29.6 Å². The highest BCUT2D eigenvalue weighted by Gasteiger charge is 2.16. The Bertz CT molecular complexity index is 1150. The minimum atomic E-state index is -0.272. The summed E-state index contributed by atoms with van der Waals surface area (Å²) in [5.74, 6) is 1.16. The topological polar surface area (TPSA) is 48.1 Å². The van der Waals surface area contributed by atoms with Crippen molar-refractivity contribution in [3.8, 4) is 22.8 Å². The molecule has 2 aliphatic rings. The minimum absolute atomic E-state index is 0.233. The standard InChI is InChI=1S/C23H22FN3O2S/c24-19-9-5-4-8-18(19)20-14-30-23(26-17-6-2-1-3-7-17)27(20)25-13-16-10-11-21-22(12-16)29-15-28-21/h4-5,8-14,17H,1-3,6-7,15H2. The number of aromatic nitrogens is 1. The molecule has 0 atom stereocenters. The van der Waals surface area contributed by atoms with Crippen molar-refractivity contribution in [2.24, 2.45) is 10.1 Å². The summed E-state index contributed by atoms with van der Waals surface area (Å²) in [6, 6.07) is 12.7. The van der Waals surface area contributed by atoms with Crippen molar-refractivity contribution in [2.45, 2.75) is 38.1 Å². The van der Waals surface area contributed by atoms with Crippen LogP contribution in [0.3, 0.4) is 0 Å². The van der Waals surface area contributed by atoms with Gasteiger partial charge in [0.05, 0.1) is 18.0 Å². The third-order valence-corrected chi connectivity index (χ3v) is 6.25. The van der Waals surface area contributed by atoms with Crippen LogP contribution in [0.15, 0.2) is 57.9 Å². The lowest BCUT2D eigenvalue weighted by atomic mass is 9.96. The number of fused-ring (bicyclic) bond motifs is 1. The van der Waals surface area contributed by atoms with Gasteiger partial charge in [0.1, 0.15) is 5.82 Å². The third-order valence-electron chi connectivity index (χ3n) is 5.42. The fraction of sp³-hybridized carbons (Fsp3) is 0.304. The van der Waals surface area contributed by atoms with Crippen molar-refractivity contribution >= 4 is 17.6 Å². The second-order valence-corrected chi connectivity index (χ2v) is 8.31. The van der Waals surface area contributed by atoms with E-state index in [9.17, 15) is 4.39 Å². The highest BCUT2D eigenvalue weighted by Crippen LogP contribution is 2.32. The van der Waals surface area contributed by atoms with Gasteiger partial charge in [0.15, 0.2) is 11.5 Å². The Morgan fingerprint density at radius 2 is 1.87 bits per heavy atom. The quantitative estimate of drug-likeness (QED) is 0.542. The molecule has 5 rings (SSSR count). The molecule has 7 heteroatoms. The zero-order valence-electron chi connectivity index (χ0n) is 16.5. The third kappa shape index (κ3) is 3.89. The number of benzene rings is 2. The molecule has 1 aromatic heterocycles. The molecule has 0 N–H and O–H groups in total. The normalized spacial score (nSPS) is 17.2. The second-order valence-electron chi connectivity index (χ2n) is 7.47. The number of hydrogen-bond donors (Lipinski definition) is 0. The Morgan fingerprint density at radius 3 is 2.73 bits per heavy atom. The molecule has 0 spiro atoms. The molecule has 1 saturated carbocycles. The highest BCUT2D eigenvalue weighted by molar-refractivity contribution is 7.07. The summed E-state index contributed by atoms with van der Waals surface area (Å²) in [6.07, 6.45) is 7.64. The fourth-order valence-corrected chi connectivity index (χ4v) is 4.74. The summed E-state index contributed by atoms with van der Waals surface area (Å²) in [5.41, 5.74) is 2.09. The number of ether oxygens (including phenoxy) is 2. The highest BCUT2D eigenvalue weighted by atomic mass is 32.1. The van der Waals surface area contributed by atoms with E-state index in [4.69, 9.17) is 19.6 Å². The van der Waals surface area contributed by atoms with Gasteiger partial charge in [-0.2, -0.15) is 5.10 Å². The minimum Gasteiger partial charge on any atom is -0.454 e. The Kier molecular flexibility index (Phi) is 5.36. The van der Waals surface area contributed by atoms with E-state index in [0.717, 1.165) is 29.0 Å². The molecule has 30 heavy (non-hydrogen) atoms. The molecule has 0 radical (unpaired) electrons. The van der Waals surface area contributed by atoms with E-state index in [1.165, 1.54) is 36.7 Å². The van der Waals surface area contributed by atoms with Crippen LogP contribution in [0.4, 0.5) is 4.39 Å². The fourth-order valence-electron chi connectivity index (χ4n) is 3.84. The Labute approximate surface area is 178 Å². The van der Waals surface area contributed by atoms with Crippen LogP contribution in [0.5, 0.6) is 11.5 Å². The summed E-state index contributed by atoms with van der Waals surface area (Å²) in [6.45, 7) is 0.233. The summed E-state index contributed by atoms with van der Waals surface area (Å²) in [4.78, 5) is 5.75. The number of rotatable bonds is 4. The zero-order valence-corrected chi connectivity index (χ0v) is 17.3. The van der Waals surface area contributed by atoms with Crippen LogP contribution in [0.2, 0.25) is 0 Å². The van der Waals surface area contributed by atoms with E-state index in [1.54, 1.807) is 23.0 Å². The van der Waals surface area contributed by atoms with Gasteiger partial charge in [-0.1, -0.05) is 31.4 Å². The summed E-state index contributed by atoms with van der Waals surface area (Å²) < 4.78 is 27.1.